The zero-order valence-corrected chi connectivity index (χ0v) is 17.6. The van der Waals surface area contributed by atoms with Gasteiger partial charge in [0.25, 0.3) is 5.91 Å². The average Bonchev–Trinajstić information content (AvgIpc) is 3.50. The van der Waals surface area contributed by atoms with Crippen molar-refractivity contribution in [1.29, 1.82) is 0 Å². The van der Waals surface area contributed by atoms with E-state index in [4.69, 9.17) is 4.74 Å². The number of hydrogen-bond donors (Lipinski definition) is 0. The van der Waals surface area contributed by atoms with Gasteiger partial charge in [0.1, 0.15) is 0 Å². The van der Waals surface area contributed by atoms with Crippen molar-refractivity contribution in [3.63, 3.8) is 0 Å². The van der Waals surface area contributed by atoms with Crippen LogP contribution in [0.25, 0.3) is 0 Å². The molecular weight excluding hydrogens is 392 g/mol. The number of carbonyl (C=O) groups excluding carboxylic acids is 2. The van der Waals surface area contributed by atoms with E-state index in [0.717, 1.165) is 43.7 Å². The van der Waals surface area contributed by atoms with Crippen LogP contribution in [0.4, 0.5) is 0 Å². The number of thiophene rings is 2. The van der Waals surface area contributed by atoms with Gasteiger partial charge in [-0.25, -0.2) is 0 Å². The number of amides is 2. The Balaban J connectivity index is 1.44. The molecule has 4 rings (SSSR count). The van der Waals surface area contributed by atoms with Crippen molar-refractivity contribution in [2.75, 3.05) is 26.2 Å². The summed E-state index contributed by atoms with van der Waals surface area (Å²) >= 11 is 3.14. The molecule has 2 amide bonds. The Morgan fingerprint density at radius 3 is 2.71 bits per heavy atom. The molecule has 0 bridgehead atoms. The van der Waals surface area contributed by atoms with Gasteiger partial charge in [-0.2, -0.15) is 0 Å². The first-order valence-corrected chi connectivity index (χ1v) is 11.7. The molecule has 28 heavy (non-hydrogen) atoms. The van der Waals surface area contributed by atoms with Gasteiger partial charge in [-0.15, -0.1) is 22.7 Å². The highest BCUT2D eigenvalue weighted by Gasteiger charge is 2.33. The van der Waals surface area contributed by atoms with Crippen molar-refractivity contribution >= 4 is 34.5 Å². The Morgan fingerprint density at radius 1 is 1.14 bits per heavy atom. The quantitative estimate of drug-likeness (QED) is 0.716. The van der Waals surface area contributed by atoms with Gasteiger partial charge in [0.05, 0.1) is 23.4 Å². The van der Waals surface area contributed by atoms with E-state index in [1.807, 2.05) is 38.8 Å². The maximum Gasteiger partial charge on any atom is 0.263 e. The number of rotatable bonds is 6. The Kier molecular flexibility index (Phi) is 6.44. The molecule has 2 aliphatic rings. The van der Waals surface area contributed by atoms with E-state index in [9.17, 15) is 9.59 Å². The van der Waals surface area contributed by atoms with Gasteiger partial charge in [0.15, 0.2) is 0 Å². The summed E-state index contributed by atoms with van der Waals surface area (Å²) in [6.07, 6.45) is 3.94. The number of likely N-dealkylation sites (tertiary alicyclic amines) is 1. The van der Waals surface area contributed by atoms with Gasteiger partial charge in [0, 0.05) is 31.1 Å². The van der Waals surface area contributed by atoms with Gasteiger partial charge in [-0.3, -0.25) is 9.59 Å². The minimum absolute atomic E-state index is 0.0523. The second kappa shape index (κ2) is 9.20. The third-order valence-corrected chi connectivity index (χ3v) is 7.20. The maximum atomic E-state index is 13.4. The standard InChI is InChI=1S/C21H26N2O3S2/c24-20(16-5-1-9-22(13-16)21(25)19-8-4-12-28-19)23(14-17-6-2-10-26-17)15-18-7-3-11-27-18/h3-4,7-8,11-12,16-17H,1-2,5-6,9-10,13-15H2. The van der Waals surface area contributed by atoms with Crippen LogP contribution in [-0.2, 0) is 16.1 Å². The molecule has 2 saturated heterocycles. The third kappa shape index (κ3) is 4.64. The van der Waals surface area contributed by atoms with E-state index in [1.54, 1.807) is 11.3 Å². The summed E-state index contributed by atoms with van der Waals surface area (Å²) < 4.78 is 5.79. The molecule has 4 heterocycles. The SMILES string of the molecule is O=C(c1cccs1)N1CCCC(C(=O)N(Cc2cccs2)CC2CCCO2)C1. The molecule has 2 unspecified atom stereocenters. The second-order valence-electron chi connectivity index (χ2n) is 7.50. The van der Waals surface area contributed by atoms with Crippen molar-refractivity contribution in [3.05, 3.63) is 44.8 Å². The van der Waals surface area contributed by atoms with Crippen molar-refractivity contribution in [2.45, 2.75) is 38.3 Å². The van der Waals surface area contributed by atoms with Crippen molar-refractivity contribution in [1.82, 2.24) is 9.80 Å². The molecule has 2 aliphatic heterocycles. The monoisotopic (exact) mass is 418 g/mol. The first-order chi connectivity index (χ1) is 13.7. The molecule has 2 atom stereocenters. The highest BCUT2D eigenvalue weighted by Crippen LogP contribution is 2.25. The van der Waals surface area contributed by atoms with Crippen LogP contribution in [0.3, 0.4) is 0 Å². The predicted molar refractivity (Wildman–Crippen MR) is 112 cm³/mol. The van der Waals surface area contributed by atoms with Crippen LogP contribution in [0.1, 0.15) is 40.2 Å². The largest absolute Gasteiger partial charge is 0.376 e. The zero-order valence-electron chi connectivity index (χ0n) is 15.9. The lowest BCUT2D eigenvalue weighted by molar-refractivity contribution is -0.139. The van der Waals surface area contributed by atoms with Crippen molar-refractivity contribution in [2.24, 2.45) is 5.92 Å². The predicted octanol–water partition coefficient (Wildman–Crippen LogP) is 3.87. The van der Waals surface area contributed by atoms with Gasteiger partial charge >= 0.3 is 0 Å². The van der Waals surface area contributed by atoms with Crippen LogP contribution in [0.15, 0.2) is 35.0 Å². The fraction of sp³-hybridized carbons (Fsp3) is 0.524. The van der Waals surface area contributed by atoms with Gasteiger partial charge < -0.3 is 14.5 Å². The van der Waals surface area contributed by atoms with Crippen LogP contribution < -0.4 is 0 Å². The molecule has 7 heteroatoms. The molecule has 0 spiro atoms. The Morgan fingerprint density at radius 2 is 2.00 bits per heavy atom. The minimum Gasteiger partial charge on any atom is -0.376 e. The summed E-state index contributed by atoms with van der Waals surface area (Å²) in [6.45, 7) is 3.31. The molecule has 2 aromatic rings. The molecule has 0 aromatic carbocycles. The molecular formula is C21H26N2O3S2. The number of nitrogens with zero attached hydrogens (tertiary/aromatic N) is 2. The molecule has 150 valence electrons. The lowest BCUT2D eigenvalue weighted by Gasteiger charge is -2.35. The molecule has 5 nitrogen and oxygen atoms in total. The van der Waals surface area contributed by atoms with E-state index in [-0.39, 0.29) is 23.8 Å². The minimum atomic E-state index is -0.126. The van der Waals surface area contributed by atoms with Crippen molar-refractivity contribution in [3.8, 4) is 0 Å². The molecule has 2 aromatic heterocycles. The fourth-order valence-corrected chi connectivity index (χ4v) is 5.44. The van der Waals surface area contributed by atoms with Crippen LogP contribution in [0.5, 0.6) is 0 Å². The molecule has 2 fully saturated rings. The van der Waals surface area contributed by atoms with Gasteiger partial charge in [-0.1, -0.05) is 12.1 Å². The summed E-state index contributed by atoms with van der Waals surface area (Å²) in [6, 6.07) is 7.86. The highest BCUT2D eigenvalue weighted by atomic mass is 32.1. The Hall–Kier alpha value is -1.70. The Bertz CT molecular complexity index is 770. The summed E-state index contributed by atoms with van der Waals surface area (Å²) in [7, 11) is 0. The first-order valence-electron chi connectivity index (χ1n) is 9.96. The zero-order chi connectivity index (χ0) is 19.3. The fourth-order valence-electron chi connectivity index (χ4n) is 4.03. The van der Waals surface area contributed by atoms with Crippen LogP contribution in [0.2, 0.25) is 0 Å². The lowest BCUT2D eigenvalue weighted by Crippen LogP contribution is -2.47. The summed E-state index contributed by atoms with van der Waals surface area (Å²) in [4.78, 5) is 31.9. The second-order valence-corrected chi connectivity index (χ2v) is 9.48. The van der Waals surface area contributed by atoms with E-state index in [0.29, 0.717) is 19.6 Å². The van der Waals surface area contributed by atoms with E-state index >= 15 is 0 Å². The van der Waals surface area contributed by atoms with Crippen molar-refractivity contribution < 1.29 is 14.3 Å². The molecule has 0 radical (unpaired) electrons. The molecule has 0 saturated carbocycles. The summed E-state index contributed by atoms with van der Waals surface area (Å²) in [5, 5.41) is 3.97. The van der Waals surface area contributed by atoms with Crippen LogP contribution in [-0.4, -0.2) is 54.0 Å². The van der Waals surface area contributed by atoms with E-state index < -0.39 is 0 Å². The topological polar surface area (TPSA) is 49.9 Å². The average molecular weight is 419 g/mol. The molecule has 0 aliphatic carbocycles. The third-order valence-electron chi connectivity index (χ3n) is 5.48. The number of hydrogen-bond acceptors (Lipinski definition) is 5. The number of ether oxygens (including phenoxy) is 1. The van der Waals surface area contributed by atoms with E-state index in [2.05, 4.69) is 6.07 Å². The normalized spacial score (nSPS) is 22.4. The summed E-state index contributed by atoms with van der Waals surface area (Å²) in [5.74, 6) is 0.0861. The van der Waals surface area contributed by atoms with Gasteiger partial charge in [0.2, 0.25) is 5.91 Å². The lowest BCUT2D eigenvalue weighted by atomic mass is 9.96. The summed E-state index contributed by atoms with van der Waals surface area (Å²) in [5.41, 5.74) is 0. The van der Waals surface area contributed by atoms with Crippen LogP contribution in [0, 0.1) is 5.92 Å². The first kappa shape index (κ1) is 19.6. The van der Waals surface area contributed by atoms with E-state index in [1.165, 1.54) is 16.2 Å². The number of piperidine rings is 1. The van der Waals surface area contributed by atoms with Crippen LogP contribution >= 0.6 is 22.7 Å². The highest BCUT2D eigenvalue weighted by molar-refractivity contribution is 7.12. The van der Waals surface area contributed by atoms with Gasteiger partial charge in [-0.05, 0) is 48.6 Å². The molecule has 0 N–H and O–H groups in total. The Labute approximate surface area is 173 Å². The maximum absolute atomic E-state index is 13.4. The smallest absolute Gasteiger partial charge is 0.263 e. The number of carbonyl (C=O) groups is 2.